The van der Waals surface area contributed by atoms with Crippen LogP contribution >= 0.6 is 23.2 Å². The molecule has 0 fully saturated rings. The van der Waals surface area contributed by atoms with E-state index in [0.717, 1.165) is 13.8 Å². The molecule has 0 spiro atoms. The number of hydrogen-bond donors (Lipinski definition) is 1. The Balaban J connectivity index is 2.51. The van der Waals surface area contributed by atoms with Crippen molar-refractivity contribution in [3.63, 3.8) is 0 Å². The summed E-state index contributed by atoms with van der Waals surface area (Å²) in [6.45, 7) is 1.21. The van der Waals surface area contributed by atoms with Crippen molar-refractivity contribution in [3.8, 4) is 0 Å². The standard InChI is InChI=1S/C18H18Cl2FNO5S2/c1-18(2,21)16(17(23)12-8-13(19)10-14(20)9-12)11-22(28(24)25)29(26,27)15-6-4-3-5-7-15/h3-10,16,28H,11H2,1-2H3. The smallest absolute Gasteiger partial charge is 0.255 e. The lowest BCUT2D eigenvalue weighted by molar-refractivity contribution is 0.0682. The van der Waals surface area contributed by atoms with Crippen LogP contribution in [0.4, 0.5) is 4.39 Å². The number of benzene rings is 2. The second-order valence-corrected chi connectivity index (χ2v) is 10.7. The number of hydrogen-bond acceptors (Lipinski definition) is 5. The summed E-state index contributed by atoms with van der Waals surface area (Å²) >= 11 is 11.8. The molecule has 0 aromatic heterocycles. The second-order valence-electron chi connectivity index (χ2n) is 6.70. The van der Waals surface area contributed by atoms with Gasteiger partial charge < -0.3 is 0 Å². The van der Waals surface area contributed by atoms with Crippen LogP contribution in [-0.2, 0) is 20.9 Å². The van der Waals surface area contributed by atoms with E-state index in [2.05, 4.69) is 0 Å². The number of thiol groups is 1. The van der Waals surface area contributed by atoms with Gasteiger partial charge in [0.15, 0.2) is 5.78 Å². The zero-order valence-corrected chi connectivity index (χ0v) is 18.6. The van der Waals surface area contributed by atoms with E-state index in [-0.39, 0.29) is 24.2 Å². The number of carbonyl (C=O) groups excluding carboxylic acids is 1. The fourth-order valence-electron chi connectivity index (χ4n) is 2.63. The molecule has 0 heterocycles. The predicted molar refractivity (Wildman–Crippen MR) is 110 cm³/mol. The minimum Gasteiger partial charge on any atom is -0.294 e. The van der Waals surface area contributed by atoms with Crippen LogP contribution in [0.15, 0.2) is 53.4 Å². The van der Waals surface area contributed by atoms with Gasteiger partial charge in [-0.05, 0) is 44.2 Å². The zero-order valence-electron chi connectivity index (χ0n) is 15.4. The number of Topliss-reactive ketones (excluding diaryl/α,β-unsaturated/α-hetero) is 1. The van der Waals surface area contributed by atoms with E-state index in [9.17, 15) is 26.0 Å². The summed E-state index contributed by atoms with van der Waals surface area (Å²) in [5.41, 5.74) is -2.31. The minimum absolute atomic E-state index is 0.0589. The molecule has 2 aromatic rings. The summed E-state index contributed by atoms with van der Waals surface area (Å²) in [7, 11) is -8.21. The van der Waals surface area contributed by atoms with Crippen LogP contribution in [0.3, 0.4) is 0 Å². The molecular formula is C18H18Cl2FNO5S2. The van der Waals surface area contributed by atoms with Crippen LogP contribution in [0.2, 0.25) is 10.0 Å². The first kappa shape index (κ1) is 23.8. The maximum absolute atomic E-state index is 14.9. The Labute approximate surface area is 180 Å². The van der Waals surface area contributed by atoms with Crippen molar-refractivity contribution in [3.05, 3.63) is 64.1 Å². The molecule has 1 atom stereocenters. The molecule has 6 nitrogen and oxygen atoms in total. The first-order chi connectivity index (χ1) is 13.3. The van der Waals surface area contributed by atoms with E-state index < -0.39 is 44.8 Å². The van der Waals surface area contributed by atoms with Crippen molar-refractivity contribution < 1.29 is 26.0 Å². The summed E-state index contributed by atoms with van der Waals surface area (Å²) in [4.78, 5) is 12.6. The van der Waals surface area contributed by atoms with E-state index >= 15 is 0 Å². The van der Waals surface area contributed by atoms with Gasteiger partial charge >= 0.3 is 0 Å². The van der Waals surface area contributed by atoms with Gasteiger partial charge in [-0.25, -0.2) is 21.2 Å². The number of carbonyl (C=O) groups is 1. The van der Waals surface area contributed by atoms with Crippen molar-refractivity contribution in [1.29, 1.82) is 0 Å². The fourth-order valence-corrected chi connectivity index (χ4v) is 5.53. The number of rotatable bonds is 8. The Morgan fingerprint density at radius 3 is 2.07 bits per heavy atom. The molecule has 0 amide bonds. The average molecular weight is 482 g/mol. The molecule has 11 heteroatoms. The molecule has 0 aliphatic rings. The van der Waals surface area contributed by atoms with Crippen molar-refractivity contribution in [2.24, 2.45) is 5.92 Å². The summed E-state index contributed by atoms with van der Waals surface area (Å²) in [6, 6.07) is 10.7. The Bertz CT molecular complexity index is 1050. The van der Waals surface area contributed by atoms with Gasteiger partial charge in [0, 0.05) is 22.2 Å². The number of alkyl halides is 1. The van der Waals surface area contributed by atoms with Gasteiger partial charge in [-0.1, -0.05) is 45.1 Å². The lowest BCUT2D eigenvalue weighted by Gasteiger charge is -2.29. The monoisotopic (exact) mass is 481 g/mol. The van der Waals surface area contributed by atoms with Crippen molar-refractivity contribution in [2.75, 3.05) is 6.54 Å². The highest BCUT2D eigenvalue weighted by molar-refractivity contribution is 7.97. The normalized spacial score (nSPS) is 13.6. The third-order valence-electron chi connectivity index (χ3n) is 4.13. The highest BCUT2D eigenvalue weighted by Gasteiger charge is 2.41. The molecular weight excluding hydrogens is 464 g/mol. The minimum atomic E-state index is -4.52. The van der Waals surface area contributed by atoms with Crippen LogP contribution in [0.25, 0.3) is 0 Å². The van der Waals surface area contributed by atoms with Crippen molar-refractivity contribution >= 4 is 49.9 Å². The van der Waals surface area contributed by atoms with E-state index in [0.29, 0.717) is 0 Å². The van der Waals surface area contributed by atoms with Gasteiger partial charge in [-0.3, -0.25) is 4.79 Å². The van der Waals surface area contributed by atoms with Gasteiger partial charge in [0.05, 0.1) is 10.8 Å². The number of ketones is 1. The predicted octanol–water partition coefficient (Wildman–Crippen LogP) is 3.76. The summed E-state index contributed by atoms with van der Waals surface area (Å²) in [6.07, 6.45) is 0. The topological polar surface area (TPSA) is 88.6 Å². The molecule has 29 heavy (non-hydrogen) atoms. The van der Waals surface area contributed by atoms with Gasteiger partial charge in [0.25, 0.3) is 10.0 Å². The maximum atomic E-state index is 14.9. The highest BCUT2D eigenvalue weighted by Crippen LogP contribution is 2.30. The summed E-state index contributed by atoms with van der Waals surface area (Å²) in [5.74, 6) is -2.46. The first-order valence-electron chi connectivity index (χ1n) is 8.25. The molecule has 0 saturated carbocycles. The molecule has 0 bridgehead atoms. The van der Waals surface area contributed by atoms with Crippen LogP contribution in [0, 0.1) is 5.92 Å². The Kier molecular flexibility index (Phi) is 7.45. The molecule has 158 valence electrons. The number of halogens is 3. The maximum Gasteiger partial charge on any atom is 0.255 e. The largest absolute Gasteiger partial charge is 0.294 e. The first-order valence-corrected chi connectivity index (χ1v) is 11.6. The zero-order chi connectivity index (χ0) is 22.0. The van der Waals surface area contributed by atoms with Crippen LogP contribution in [0.5, 0.6) is 0 Å². The van der Waals surface area contributed by atoms with E-state index in [4.69, 9.17) is 23.2 Å². The van der Waals surface area contributed by atoms with E-state index in [1.807, 2.05) is 0 Å². The summed E-state index contributed by atoms with van der Waals surface area (Å²) < 4.78 is 64.1. The third-order valence-corrected chi connectivity index (χ3v) is 7.71. The lowest BCUT2D eigenvalue weighted by Crippen LogP contribution is -2.44. The van der Waals surface area contributed by atoms with Gasteiger partial charge in [0.2, 0.25) is 10.9 Å². The fraction of sp³-hybridized carbons (Fsp3) is 0.278. The Hall–Kier alpha value is -1.52. The molecule has 1 unspecified atom stereocenters. The van der Waals surface area contributed by atoms with Crippen molar-refractivity contribution in [2.45, 2.75) is 24.4 Å². The molecule has 0 N–H and O–H groups in total. The van der Waals surface area contributed by atoms with Crippen LogP contribution in [0.1, 0.15) is 24.2 Å². The molecule has 2 rings (SSSR count). The lowest BCUT2D eigenvalue weighted by atomic mass is 9.86. The Morgan fingerprint density at radius 2 is 1.62 bits per heavy atom. The third kappa shape index (κ3) is 5.76. The molecule has 0 saturated heterocycles. The van der Waals surface area contributed by atoms with Gasteiger partial charge in [-0.15, -0.1) is 0 Å². The second kappa shape index (κ2) is 9.09. The van der Waals surface area contributed by atoms with Gasteiger partial charge in [-0.2, -0.15) is 0 Å². The molecule has 0 aliphatic heterocycles. The molecule has 2 aromatic carbocycles. The van der Waals surface area contributed by atoms with Crippen LogP contribution in [-0.4, -0.2) is 38.5 Å². The van der Waals surface area contributed by atoms with Crippen LogP contribution < -0.4 is 0 Å². The molecule has 0 radical (unpaired) electrons. The van der Waals surface area contributed by atoms with Crippen molar-refractivity contribution in [1.82, 2.24) is 3.71 Å². The van der Waals surface area contributed by atoms with Gasteiger partial charge in [0.1, 0.15) is 5.67 Å². The molecule has 0 aliphatic carbocycles. The van der Waals surface area contributed by atoms with E-state index in [1.54, 1.807) is 6.07 Å². The SMILES string of the molecule is CC(C)(F)C(CN([SH](=O)=O)S(=O)(=O)c1ccccc1)C(=O)c1cc(Cl)cc(Cl)c1. The number of nitrogens with zero attached hydrogens (tertiary/aromatic N) is 1. The highest BCUT2D eigenvalue weighted by atomic mass is 35.5. The summed E-state index contributed by atoms with van der Waals surface area (Å²) in [5, 5.41) is 0.250. The number of sulfonamides is 1. The van der Waals surface area contributed by atoms with E-state index in [1.165, 1.54) is 42.5 Å². The quantitative estimate of drug-likeness (QED) is 0.457. The average Bonchev–Trinajstić information content (AvgIpc) is 2.60. The Morgan fingerprint density at radius 1 is 1.10 bits per heavy atom.